The summed E-state index contributed by atoms with van der Waals surface area (Å²) in [5.41, 5.74) is 2.37. The second kappa shape index (κ2) is 7.31. The Labute approximate surface area is 170 Å². The number of rotatable bonds is 3. The van der Waals surface area contributed by atoms with Crippen LogP contribution in [0.3, 0.4) is 0 Å². The summed E-state index contributed by atoms with van der Waals surface area (Å²) in [5.74, 6) is 1.88. The van der Waals surface area contributed by atoms with Crippen LogP contribution >= 0.6 is 0 Å². The fourth-order valence-electron chi connectivity index (χ4n) is 4.47. The molecule has 29 heavy (non-hydrogen) atoms. The fraction of sp³-hybridized carbons (Fsp3) is 0.364. The van der Waals surface area contributed by atoms with Crippen LogP contribution in [0.5, 0.6) is 0 Å². The van der Waals surface area contributed by atoms with Crippen molar-refractivity contribution in [3.8, 4) is 5.82 Å². The summed E-state index contributed by atoms with van der Waals surface area (Å²) in [6, 6.07) is 14.3. The van der Waals surface area contributed by atoms with E-state index in [4.69, 9.17) is 0 Å². The molecule has 3 aromatic rings. The van der Waals surface area contributed by atoms with Crippen molar-refractivity contribution in [3.05, 3.63) is 60.4 Å². The zero-order valence-corrected chi connectivity index (χ0v) is 16.5. The minimum absolute atomic E-state index is 0.0659. The number of hydrogen-bond donors (Lipinski definition) is 0. The molecule has 1 saturated heterocycles. The molecule has 2 aliphatic heterocycles. The van der Waals surface area contributed by atoms with E-state index in [1.54, 1.807) is 10.9 Å². The van der Waals surface area contributed by atoms with Crippen LogP contribution in [0.15, 0.2) is 54.9 Å². The van der Waals surface area contributed by atoms with E-state index in [-0.39, 0.29) is 17.9 Å². The number of carbonyl (C=O) groups excluding carboxylic acids is 1. The van der Waals surface area contributed by atoms with Crippen molar-refractivity contribution < 1.29 is 4.79 Å². The number of benzene rings is 1. The molecule has 7 heteroatoms. The highest BCUT2D eigenvalue weighted by atomic mass is 16.2. The lowest BCUT2D eigenvalue weighted by Gasteiger charge is -2.35. The Morgan fingerprint density at radius 2 is 1.76 bits per heavy atom. The highest BCUT2D eigenvalue weighted by molar-refractivity contribution is 5.97. The largest absolute Gasteiger partial charge is 0.355 e. The number of anilines is 2. The molecule has 2 aliphatic rings. The van der Waals surface area contributed by atoms with Crippen molar-refractivity contribution >= 4 is 17.4 Å². The quantitative estimate of drug-likeness (QED) is 0.690. The van der Waals surface area contributed by atoms with Crippen LogP contribution in [0.25, 0.3) is 5.82 Å². The number of aromatic nitrogens is 4. The Kier molecular flexibility index (Phi) is 4.50. The summed E-state index contributed by atoms with van der Waals surface area (Å²) in [6.07, 6.45) is 6.19. The Morgan fingerprint density at radius 1 is 1.00 bits per heavy atom. The van der Waals surface area contributed by atoms with Gasteiger partial charge in [-0.15, -0.1) is 10.2 Å². The normalized spacial score (nSPS) is 19.4. The van der Waals surface area contributed by atoms with Crippen LogP contribution in [-0.2, 0) is 11.2 Å². The van der Waals surface area contributed by atoms with Crippen LogP contribution in [0, 0.1) is 5.92 Å². The number of carbonyl (C=O) groups is 1. The van der Waals surface area contributed by atoms with E-state index in [1.807, 2.05) is 35.4 Å². The smallest absolute Gasteiger partial charge is 0.230 e. The Morgan fingerprint density at radius 3 is 2.48 bits per heavy atom. The molecule has 0 N–H and O–H groups in total. The van der Waals surface area contributed by atoms with Crippen molar-refractivity contribution in [1.29, 1.82) is 0 Å². The summed E-state index contributed by atoms with van der Waals surface area (Å²) < 4.78 is 1.69. The van der Waals surface area contributed by atoms with E-state index in [2.05, 4.69) is 45.3 Å². The van der Waals surface area contributed by atoms with Gasteiger partial charge >= 0.3 is 0 Å². The van der Waals surface area contributed by atoms with E-state index in [1.165, 1.54) is 5.56 Å². The first-order chi connectivity index (χ1) is 14.2. The molecule has 0 saturated carbocycles. The average Bonchev–Trinajstić information content (AvgIpc) is 3.41. The standard InChI is InChI=1S/C22H24N6O/c1-16-15-18-5-2-3-6-19(18)28(16)22(29)17-9-13-26(14-10-17)20-7-8-21(25-24-20)27-12-4-11-23-27/h2-8,11-12,16-17H,9-10,13-15H2,1H3/t16-/m0/s1. The molecule has 5 rings (SSSR count). The van der Waals surface area contributed by atoms with Crippen LogP contribution in [-0.4, -0.2) is 45.0 Å². The highest BCUT2D eigenvalue weighted by Crippen LogP contribution is 2.34. The summed E-state index contributed by atoms with van der Waals surface area (Å²) in [5, 5.41) is 12.8. The maximum Gasteiger partial charge on any atom is 0.230 e. The van der Waals surface area contributed by atoms with E-state index in [9.17, 15) is 4.79 Å². The maximum absolute atomic E-state index is 13.3. The van der Waals surface area contributed by atoms with E-state index < -0.39 is 0 Å². The van der Waals surface area contributed by atoms with Crippen molar-refractivity contribution in [2.75, 3.05) is 22.9 Å². The molecule has 2 aromatic heterocycles. The van der Waals surface area contributed by atoms with Crippen molar-refractivity contribution in [2.45, 2.75) is 32.2 Å². The molecule has 0 radical (unpaired) electrons. The molecule has 4 heterocycles. The number of para-hydroxylation sites is 1. The number of hydrogen-bond acceptors (Lipinski definition) is 5. The number of fused-ring (bicyclic) bond motifs is 1. The monoisotopic (exact) mass is 388 g/mol. The molecule has 0 aliphatic carbocycles. The average molecular weight is 388 g/mol. The van der Waals surface area contributed by atoms with Gasteiger partial charge in [0, 0.05) is 43.1 Å². The van der Waals surface area contributed by atoms with Crippen molar-refractivity contribution in [3.63, 3.8) is 0 Å². The van der Waals surface area contributed by atoms with Crippen LogP contribution in [0.2, 0.25) is 0 Å². The molecule has 7 nitrogen and oxygen atoms in total. The first-order valence-electron chi connectivity index (χ1n) is 10.2. The Bertz CT molecular complexity index is 992. The van der Waals surface area contributed by atoms with Gasteiger partial charge in [-0.25, -0.2) is 4.68 Å². The van der Waals surface area contributed by atoms with Gasteiger partial charge in [0.05, 0.1) is 0 Å². The minimum Gasteiger partial charge on any atom is -0.355 e. The lowest BCUT2D eigenvalue weighted by molar-refractivity contribution is -0.123. The lowest BCUT2D eigenvalue weighted by Crippen LogP contribution is -2.45. The maximum atomic E-state index is 13.3. The Hall–Kier alpha value is -3.22. The molecule has 0 unspecified atom stereocenters. The van der Waals surface area contributed by atoms with Crippen molar-refractivity contribution in [2.24, 2.45) is 5.92 Å². The number of amides is 1. The summed E-state index contributed by atoms with van der Waals surface area (Å²) in [4.78, 5) is 17.5. The molecule has 0 spiro atoms. The second-order valence-corrected chi connectivity index (χ2v) is 7.85. The summed E-state index contributed by atoms with van der Waals surface area (Å²) in [7, 11) is 0. The molecule has 1 fully saturated rings. The predicted molar refractivity (Wildman–Crippen MR) is 111 cm³/mol. The fourth-order valence-corrected chi connectivity index (χ4v) is 4.47. The third-order valence-electron chi connectivity index (χ3n) is 5.99. The molecular formula is C22H24N6O. The van der Waals surface area contributed by atoms with Gasteiger partial charge < -0.3 is 9.80 Å². The van der Waals surface area contributed by atoms with Gasteiger partial charge in [0.25, 0.3) is 0 Å². The van der Waals surface area contributed by atoms with E-state index in [0.29, 0.717) is 5.82 Å². The van der Waals surface area contributed by atoms with Crippen LogP contribution in [0.4, 0.5) is 11.5 Å². The summed E-state index contributed by atoms with van der Waals surface area (Å²) in [6.45, 7) is 3.77. The predicted octanol–water partition coefficient (Wildman–Crippen LogP) is 2.86. The number of nitrogens with zero attached hydrogens (tertiary/aromatic N) is 6. The van der Waals surface area contributed by atoms with Gasteiger partial charge in [-0.2, -0.15) is 5.10 Å². The van der Waals surface area contributed by atoms with Gasteiger partial charge in [0.1, 0.15) is 0 Å². The van der Waals surface area contributed by atoms with Crippen molar-refractivity contribution in [1.82, 2.24) is 20.0 Å². The molecular weight excluding hydrogens is 364 g/mol. The van der Waals surface area contributed by atoms with Crippen LogP contribution < -0.4 is 9.80 Å². The van der Waals surface area contributed by atoms with E-state index in [0.717, 1.165) is 43.9 Å². The first kappa shape index (κ1) is 17.8. The molecule has 148 valence electrons. The van der Waals surface area contributed by atoms with Gasteiger partial charge in [-0.1, -0.05) is 18.2 Å². The topological polar surface area (TPSA) is 67.2 Å². The molecule has 1 atom stereocenters. The van der Waals surface area contributed by atoms with Gasteiger partial charge in [0.15, 0.2) is 11.6 Å². The molecule has 1 amide bonds. The van der Waals surface area contributed by atoms with Gasteiger partial charge in [-0.3, -0.25) is 4.79 Å². The molecule has 1 aromatic carbocycles. The zero-order valence-electron chi connectivity index (χ0n) is 16.5. The van der Waals surface area contributed by atoms with E-state index >= 15 is 0 Å². The first-order valence-corrected chi connectivity index (χ1v) is 10.2. The third-order valence-corrected chi connectivity index (χ3v) is 5.99. The van der Waals surface area contributed by atoms with Gasteiger partial charge in [-0.05, 0) is 56.0 Å². The number of piperidine rings is 1. The lowest BCUT2D eigenvalue weighted by atomic mass is 9.95. The highest BCUT2D eigenvalue weighted by Gasteiger charge is 2.36. The van der Waals surface area contributed by atoms with Gasteiger partial charge in [0.2, 0.25) is 5.91 Å². The molecule has 0 bridgehead atoms. The third kappa shape index (κ3) is 3.26. The zero-order chi connectivity index (χ0) is 19.8. The van der Waals surface area contributed by atoms with Crippen LogP contribution in [0.1, 0.15) is 25.3 Å². The minimum atomic E-state index is 0.0659. The Balaban J connectivity index is 1.24. The second-order valence-electron chi connectivity index (χ2n) is 7.85. The summed E-state index contributed by atoms with van der Waals surface area (Å²) >= 11 is 0. The SMILES string of the molecule is C[C@H]1Cc2ccccc2N1C(=O)C1CCN(c2ccc(-n3cccn3)nn2)CC1.